The topological polar surface area (TPSA) is 109 Å². The van der Waals surface area contributed by atoms with Crippen LogP contribution in [0.3, 0.4) is 0 Å². The minimum absolute atomic E-state index is 0. The van der Waals surface area contributed by atoms with Crippen LogP contribution in [0.4, 0.5) is 17.1 Å². The van der Waals surface area contributed by atoms with Crippen molar-refractivity contribution in [2.24, 2.45) is 0 Å². The van der Waals surface area contributed by atoms with Crippen molar-refractivity contribution in [3.05, 3.63) is 18.2 Å². The van der Waals surface area contributed by atoms with E-state index in [-0.39, 0.29) is 16.0 Å². The van der Waals surface area contributed by atoms with Gasteiger partial charge in [0.1, 0.15) is 0 Å². The molecule has 1 aromatic carbocycles. The van der Waals surface area contributed by atoms with Gasteiger partial charge < -0.3 is 17.2 Å². The summed E-state index contributed by atoms with van der Waals surface area (Å²) < 4.78 is 0. The molecule has 0 saturated carbocycles. The van der Waals surface area contributed by atoms with E-state index in [4.69, 9.17) is 17.2 Å². The molecule has 0 aliphatic carbocycles. The first-order valence-corrected chi connectivity index (χ1v) is 2.61. The predicted octanol–water partition coefficient (Wildman–Crippen LogP) is 0.814. The van der Waals surface area contributed by atoms with Gasteiger partial charge in [0.15, 0.2) is 0 Å². The van der Waals surface area contributed by atoms with Gasteiger partial charge in [0, 0.05) is 16.0 Å². The van der Waals surface area contributed by atoms with E-state index in [1.165, 1.54) is 0 Å². The molecular formula is C6H9N4P. The van der Waals surface area contributed by atoms with E-state index in [2.05, 4.69) is 0 Å². The lowest BCUT2D eigenvalue weighted by Gasteiger charge is -2.00. The monoisotopic (exact) mass is 168 g/mol. The Morgan fingerprint density at radius 1 is 0.909 bits per heavy atom. The van der Waals surface area contributed by atoms with Crippen LogP contribution in [-0.2, 0) is 0 Å². The lowest BCUT2D eigenvalue weighted by molar-refractivity contribution is 1.65. The lowest BCUT2D eigenvalue weighted by Crippen LogP contribution is -1.98. The average Bonchev–Trinajstić information content (AvgIpc) is 1.83. The molecule has 6 N–H and O–H groups in total. The molecule has 0 bridgehead atoms. The maximum atomic E-state index is 5.43. The number of nitrogens with zero attached hydrogens (tertiary/aromatic N) is 1. The number of hydrogen-bond donors (Lipinski definition) is 3. The van der Waals surface area contributed by atoms with Crippen molar-refractivity contribution >= 4 is 27.0 Å². The molecular weight excluding hydrogens is 159 g/mol. The van der Waals surface area contributed by atoms with Crippen molar-refractivity contribution in [2.45, 2.75) is 0 Å². The van der Waals surface area contributed by atoms with E-state index < -0.39 is 0 Å². The Labute approximate surface area is 69.3 Å². The molecule has 0 heterocycles. The standard InChI is InChI=1S/C6H9N3.N.P/c7-4-2-1-3-5(8)6(4)9;;/h1-3H,7-9H2;;. The molecule has 0 amide bonds. The highest BCUT2D eigenvalue weighted by molar-refractivity contribution is 6.92. The van der Waals surface area contributed by atoms with E-state index in [0.29, 0.717) is 17.1 Å². The fourth-order valence-electron chi connectivity index (χ4n) is 0.602. The van der Waals surface area contributed by atoms with Crippen LogP contribution < -0.4 is 23.4 Å². The second-order valence-electron chi connectivity index (χ2n) is 1.85. The molecule has 0 atom stereocenters. The molecule has 0 fully saturated rings. The Hall–Kier alpha value is -0.990. The number of nitrogen functional groups attached to an aromatic ring is 3. The fourth-order valence-corrected chi connectivity index (χ4v) is 0.602. The number of para-hydroxylation sites is 1. The van der Waals surface area contributed by atoms with Crippen LogP contribution >= 0.6 is 9.90 Å². The quantitative estimate of drug-likeness (QED) is 0.394. The Balaban J connectivity index is 0. The van der Waals surface area contributed by atoms with Gasteiger partial charge in [0.05, 0.1) is 17.1 Å². The Kier molecular flexibility index (Phi) is 5.49. The molecule has 0 aliphatic heterocycles. The highest BCUT2D eigenvalue weighted by Gasteiger charge is 1.94. The van der Waals surface area contributed by atoms with E-state index in [0.717, 1.165) is 0 Å². The maximum absolute atomic E-state index is 5.43. The van der Waals surface area contributed by atoms with Crippen LogP contribution in [0, 0.1) is 0 Å². The molecule has 1 aromatic rings. The molecule has 0 spiro atoms. The molecule has 6 radical (unpaired) electrons. The van der Waals surface area contributed by atoms with Crippen LogP contribution in [0.2, 0.25) is 0 Å². The Morgan fingerprint density at radius 3 is 1.55 bits per heavy atom. The van der Waals surface area contributed by atoms with Crippen LogP contribution in [0.5, 0.6) is 0 Å². The number of nitrogens with two attached hydrogens (primary N) is 3. The van der Waals surface area contributed by atoms with E-state index in [1.807, 2.05) is 0 Å². The van der Waals surface area contributed by atoms with Gasteiger partial charge in [-0.1, -0.05) is 6.07 Å². The summed E-state index contributed by atoms with van der Waals surface area (Å²) in [6.07, 6.45) is 0. The molecule has 0 aliphatic rings. The Morgan fingerprint density at radius 2 is 1.27 bits per heavy atom. The number of benzene rings is 1. The van der Waals surface area contributed by atoms with Crippen molar-refractivity contribution in [3.8, 4) is 0 Å². The average molecular weight is 168 g/mol. The van der Waals surface area contributed by atoms with Crippen LogP contribution in [0.15, 0.2) is 18.2 Å². The van der Waals surface area contributed by atoms with Gasteiger partial charge >= 0.3 is 0 Å². The second kappa shape index (κ2) is 4.77. The van der Waals surface area contributed by atoms with E-state index in [9.17, 15) is 0 Å². The van der Waals surface area contributed by atoms with Crippen LogP contribution in [-0.4, -0.2) is 0 Å². The van der Waals surface area contributed by atoms with Gasteiger partial charge in [-0.2, -0.15) is 0 Å². The third kappa shape index (κ3) is 2.62. The molecule has 4 nitrogen and oxygen atoms in total. The maximum Gasteiger partial charge on any atom is 0.0781 e. The molecule has 5 heteroatoms. The first-order chi connectivity index (χ1) is 4.22. The van der Waals surface area contributed by atoms with Gasteiger partial charge in [-0.25, -0.2) is 0 Å². The summed E-state index contributed by atoms with van der Waals surface area (Å²) in [7, 11) is 0. The van der Waals surface area contributed by atoms with Crippen molar-refractivity contribution in [1.29, 1.82) is 0 Å². The van der Waals surface area contributed by atoms with Crippen molar-refractivity contribution < 1.29 is 0 Å². The summed E-state index contributed by atoms with van der Waals surface area (Å²) in [5.41, 5.74) is 17.8. The molecule has 58 valence electrons. The second-order valence-corrected chi connectivity index (χ2v) is 1.85. The summed E-state index contributed by atoms with van der Waals surface area (Å²) >= 11 is 0. The lowest BCUT2D eigenvalue weighted by atomic mass is 10.2. The highest BCUT2D eigenvalue weighted by Crippen LogP contribution is 2.20. The van der Waals surface area contributed by atoms with Gasteiger partial charge in [-0.3, -0.25) is 0 Å². The minimum Gasteiger partial charge on any atom is -0.397 e. The zero-order valence-electron chi connectivity index (χ0n) is 5.86. The van der Waals surface area contributed by atoms with Gasteiger partial charge in [-0.15, -0.1) is 0 Å². The number of anilines is 3. The summed E-state index contributed by atoms with van der Waals surface area (Å²) in [5, 5.41) is 0. The Bertz CT molecular complexity index is 206. The summed E-state index contributed by atoms with van der Waals surface area (Å²) in [6.45, 7) is 0. The minimum atomic E-state index is 0. The zero-order chi connectivity index (χ0) is 6.85. The normalized spacial score (nSPS) is 7.64. The summed E-state index contributed by atoms with van der Waals surface area (Å²) in [6, 6.07) is 5.19. The molecule has 11 heavy (non-hydrogen) atoms. The number of rotatable bonds is 0. The fraction of sp³-hybridized carbons (Fsp3) is 0. The molecule has 0 aromatic heterocycles. The summed E-state index contributed by atoms with van der Waals surface area (Å²) in [5.74, 6) is 0. The third-order valence-electron chi connectivity index (χ3n) is 1.17. The van der Waals surface area contributed by atoms with Crippen LogP contribution in [0.1, 0.15) is 0 Å². The van der Waals surface area contributed by atoms with Gasteiger partial charge in [-0.05, 0) is 12.1 Å². The SMILES string of the molecule is Nc1cccc(N)c1N.[N].[P]. The molecule has 0 saturated heterocycles. The first-order valence-electron chi connectivity index (χ1n) is 2.61. The molecule has 0 unspecified atom stereocenters. The largest absolute Gasteiger partial charge is 0.397 e. The van der Waals surface area contributed by atoms with Gasteiger partial charge in [0.25, 0.3) is 0 Å². The van der Waals surface area contributed by atoms with Crippen molar-refractivity contribution in [3.63, 3.8) is 0 Å². The van der Waals surface area contributed by atoms with Crippen molar-refractivity contribution in [2.75, 3.05) is 17.2 Å². The number of hydrogen-bond acceptors (Lipinski definition) is 3. The van der Waals surface area contributed by atoms with Gasteiger partial charge in [0.2, 0.25) is 0 Å². The molecule has 1 rings (SSSR count). The predicted molar refractivity (Wildman–Crippen MR) is 48.7 cm³/mol. The van der Waals surface area contributed by atoms with E-state index in [1.54, 1.807) is 18.2 Å². The smallest absolute Gasteiger partial charge is 0.0781 e. The van der Waals surface area contributed by atoms with Crippen molar-refractivity contribution in [1.82, 2.24) is 6.15 Å². The highest BCUT2D eigenvalue weighted by atomic mass is 31.0. The zero-order valence-corrected chi connectivity index (χ0v) is 6.75. The first kappa shape index (κ1) is 12.7. The van der Waals surface area contributed by atoms with Crippen LogP contribution in [0.25, 0.3) is 0 Å². The van der Waals surface area contributed by atoms with E-state index >= 15 is 0 Å². The third-order valence-corrected chi connectivity index (χ3v) is 1.17. The summed E-state index contributed by atoms with van der Waals surface area (Å²) in [4.78, 5) is 0.